The summed E-state index contributed by atoms with van der Waals surface area (Å²) in [6.07, 6.45) is 0. The number of fused-ring (bicyclic) bond motifs is 13. The monoisotopic (exact) mass is 735 g/mol. The lowest BCUT2D eigenvalue weighted by atomic mass is 9.97. The smallest absolute Gasteiger partial charge is 0.235 e. The van der Waals surface area contributed by atoms with Crippen LogP contribution in [-0.2, 0) is 0 Å². The fraction of sp³-hybridized carbons (Fsp3) is 0. The summed E-state index contributed by atoms with van der Waals surface area (Å²) in [4.78, 5) is 11.1. The van der Waals surface area contributed by atoms with E-state index >= 15 is 0 Å². The Labute approximate surface area is 324 Å². The summed E-state index contributed by atoms with van der Waals surface area (Å²) < 4.78 is 7.17. The van der Waals surface area contributed by atoms with Gasteiger partial charge in [-0.2, -0.15) is 0 Å². The normalized spacial score (nSPS) is 12.0. The van der Waals surface area contributed by atoms with E-state index in [0.29, 0.717) is 5.95 Å². The highest BCUT2D eigenvalue weighted by Crippen LogP contribution is 2.49. The molecule has 0 saturated carbocycles. The van der Waals surface area contributed by atoms with Crippen LogP contribution in [0.3, 0.4) is 0 Å². The van der Waals surface area contributed by atoms with Crippen LogP contribution in [0.1, 0.15) is 0 Å². The van der Waals surface area contributed by atoms with Crippen molar-refractivity contribution in [3.63, 3.8) is 0 Å². The Morgan fingerprint density at radius 1 is 0.382 bits per heavy atom. The van der Waals surface area contributed by atoms with Gasteiger partial charge in [0.25, 0.3) is 0 Å². The molecule has 0 bridgehead atoms. The number of benzene rings is 8. The molecule has 55 heavy (non-hydrogen) atoms. The van der Waals surface area contributed by atoms with Crippen molar-refractivity contribution >= 4 is 95.7 Å². The molecule has 0 fully saturated rings. The molecular formula is C50H29N3S2. The maximum Gasteiger partial charge on any atom is 0.235 e. The Kier molecular flexibility index (Phi) is 6.67. The molecule has 256 valence electrons. The Hall–Kier alpha value is -6.66. The van der Waals surface area contributed by atoms with E-state index in [-0.39, 0.29) is 0 Å². The highest BCUT2D eigenvalue weighted by Gasteiger charge is 2.25. The van der Waals surface area contributed by atoms with Crippen molar-refractivity contribution in [1.82, 2.24) is 14.5 Å². The molecule has 3 nitrogen and oxygen atoms in total. The standard InChI is InChI=1S/C50H29N3S2/c1-3-13-30(14-4-1)32-23-25-33(26-24-32)45-49-46(38-20-10-12-22-41(38)55-49)52-50(51-45)53-40-21-11-9-19-37(40)43-35-17-7-8-18-36(35)44-39-29-34(31-15-5-2-6-16-31)27-28-42(39)54-48(44)47(43)53/h1-29H. The first kappa shape index (κ1) is 30.8. The third-order valence-corrected chi connectivity index (χ3v) is 13.4. The molecule has 12 aromatic rings. The molecule has 0 aliphatic rings. The van der Waals surface area contributed by atoms with Crippen LogP contribution in [0.25, 0.3) is 113 Å². The van der Waals surface area contributed by atoms with Gasteiger partial charge in [-0.1, -0.05) is 152 Å². The van der Waals surface area contributed by atoms with Crippen LogP contribution >= 0.6 is 22.7 Å². The van der Waals surface area contributed by atoms with Gasteiger partial charge in [0, 0.05) is 41.9 Å². The van der Waals surface area contributed by atoms with E-state index < -0.39 is 0 Å². The van der Waals surface area contributed by atoms with Crippen LogP contribution < -0.4 is 0 Å². The summed E-state index contributed by atoms with van der Waals surface area (Å²) >= 11 is 3.64. The van der Waals surface area contributed by atoms with Gasteiger partial charge in [-0.05, 0) is 57.3 Å². The minimum Gasteiger partial charge on any atom is -0.276 e. The van der Waals surface area contributed by atoms with Gasteiger partial charge in [0.1, 0.15) is 0 Å². The molecule has 4 heterocycles. The molecule has 0 aliphatic carbocycles. The lowest BCUT2D eigenvalue weighted by molar-refractivity contribution is 1.02. The second-order valence-corrected chi connectivity index (χ2v) is 16.2. The number of hydrogen-bond donors (Lipinski definition) is 0. The van der Waals surface area contributed by atoms with Crippen LogP contribution in [0.4, 0.5) is 0 Å². The van der Waals surface area contributed by atoms with Crippen molar-refractivity contribution in [3.8, 4) is 39.5 Å². The molecule has 0 amide bonds. The number of para-hydroxylation sites is 1. The minimum absolute atomic E-state index is 0.684. The summed E-state index contributed by atoms with van der Waals surface area (Å²) in [6, 6.07) is 63.3. The van der Waals surface area contributed by atoms with Crippen molar-refractivity contribution in [2.24, 2.45) is 0 Å². The zero-order valence-electron chi connectivity index (χ0n) is 29.4. The molecule has 0 saturated heterocycles. The van der Waals surface area contributed by atoms with Gasteiger partial charge in [-0.25, -0.2) is 9.97 Å². The summed E-state index contributed by atoms with van der Waals surface area (Å²) in [5.74, 6) is 0.684. The number of thiophene rings is 2. The average molecular weight is 736 g/mol. The second kappa shape index (κ2) is 11.9. The molecule has 12 rings (SSSR count). The largest absolute Gasteiger partial charge is 0.276 e. The average Bonchev–Trinajstić information content (AvgIpc) is 3.94. The predicted molar refractivity (Wildman–Crippen MR) is 236 cm³/mol. The number of aromatic nitrogens is 3. The van der Waals surface area contributed by atoms with Crippen LogP contribution in [-0.4, -0.2) is 14.5 Å². The molecular weight excluding hydrogens is 707 g/mol. The molecule has 4 aromatic heterocycles. The van der Waals surface area contributed by atoms with Gasteiger partial charge in [-0.15, -0.1) is 22.7 Å². The van der Waals surface area contributed by atoms with Gasteiger partial charge < -0.3 is 0 Å². The molecule has 8 aromatic carbocycles. The van der Waals surface area contributed by atoms with E-state index in [1.54, 1.807) is 11.3 Å². The van der Waals surface area contributed by atoms with Crippen molar-refractivity contribution in [3.05, 3.63) is 176 Å². The summed E-state index contributed by atoms with van der Waals surface area (Å²) in [5.41, 5.74) is 10.1. The van der Waals surface area contributed by atoms with Gasteiger partial charge >= 0.3 is 0 Å². The lowest BCUT2D eigenvalue weighted by Crippen LogP contribution is -2.03. The number of rotatable bonds is 4. The SMILES string of the molecule is c1ccc(-c2ccc(-c3nc(-n4c5ccccc5c5c6ccccc6c6c7cc(-c8ccccc8)ccc7sc6c54)nc4c3sc3ccccc34)cc2)cc1. The molecule has 0 N–H and O–H groups in total. The first-order valence-electron chi connectivity index (χ1n) is 18.5. The molecule has 0 spiro atoms. The second-order valence-electron chi connectivity index (χ2n) is 14.1. The Bertz CT molecular complexity index is 3470. The van der Waals surface area contributed by atoms with Crippen molar-refractivity contribution in [1.29, 1.82) is 0 Å². The molecule has 0 atom stereocenters. The molecule has 0 aliphatic heterocycles. The number of nitrogens with zero attached hydrogens (tertiary/aromatic N) is 3. The Morgan fingerprint density at radius 2 is 0.927 bits per heavy atom. The lowest BCUT2D eigenvalue weighted by Gasteiger charge is -2.12. The zero-order chi connectivity index (χ0) is 36.0. The fourth-order valence-electron chi connectivity index (χ4n) is 8.52. The Balaban J connectivity index is 1.20. The van der Waals surface area contributed by atoms with E-state index in [0.717, 1.165) is 37.9 Å². The van der Waals surface area contributed by atoms with Crippen LogP contribution in [0, 0.1) is 0 Å². The predicted octanol–water partition coefficient (Wildman–Crippen LogP) is 14.5. The van der Waals surface area contributed by atoms with Gasteiger partial charge in [0.2, 0.25) is 5.95 Å². The first-order valence-corrected chi connectivity index (χ1v) is 20.1. The third-order valence-electron chi connectivity index (χ3n) is 11.0. The van der Waals surface area contributed by atoms with Crippen molar-refractivity contribution in [2.75, 3.05) is 0 Å². The Morgan fingerprint density at radius 3 is 1.69 bits per heavy atom. The van der Waals surface area contributed by atoms with Gasteiger partial charge in [-0.3, -0.25) is 4.57 Å². The summed E-state index contributed by atoms with van der Waals surface area (Å²) in [7, 11) is 0. The van der Waals surface area contributed by atoms with E-state index in [2.05, 4.69) is 180 Å². The fourth-order valence-corrected chi connectivity index (χ4v) is 10.9. The van der Waals surface area contributed by atoms with Gasteiger partial charge in [0.05, 0.1) is 31.6 Å². The number of hydrogen-bond acceptors (Lipinski definition) is 4. The summed E-state index contributed by atoms with van der Waals surface area (Å²) in [6.45, 7) is 0. The highest BCUT2D eigenvalue weighted by molar-refractivity contribution is 7.27. The minimum atomic E-state index is 0.684. The summed E-state index contributed by atoms with van der Waals surface area (Å²) in [5, 5.41) is 8.65. The van der Waals surface area contributed by atoms with E-state index in [1.807, 2.05) is 11.3 Å². The van der Waals surface area contributed by atoms with E-state index in [4.69, 9.17) is 9.97 Å². The van der Waals surface area contributed by atoms with Crippen LogP contribution in [0.2, 0.25) is 0 Å². The zero-order valence-corrected chi connectivity index (χ0v) is 31.0. The quantitative estimate of drug-likeness (QED) is 0.180. The molecule has 0 unspecified atom stereocenters. The van der Waals surface area contributed by atoms with Crippen LogP contribution in [0.15, 0.2) is 176 Å². The van der Waals surface area contributed by atoms with Crippen molar-refractivity contribution < 1.29 is 0 Å². The highest BCUT2D eigenvalue weighted by atomic mass is 32.1. The van der Waals surface area contributed by atoms with E-state index in [9.17, 15) is 0 Å². The molecule has 5 heteroatoms. The molecule has 0 radical (unpaired) electrons. The van der Waals surface area contributed by atoms with Crippen molar-refractivity contribution in [2.45, 2.75) is 0 Å². The first-order chi connectivity index (χ1) is 27.3. The maximum atomic E-state index is 5.57. The third kappa shape index (κ3) is 4.61. The van der Waals surface area contributed by atoms with Gasteiger partial charge in [0.15, 0.2) is 0 Å². The van der Waals surface area contributed by atoms with Crippen LogP contribution in [0.5, 0.6) is 0 Å². The maximum absolute atomic E-state index is 5.57. The van der Waals surface area contributed by atoms with E-state index in [1.165, 1.54) is 68.7 Å². The topological polar surface area (TPSA) is 30.7 Å².